The predicted octanol–water partition coefficient (Wildman–Crippen LogP) is 2.21. The number of aromatic amines is 1. The Bertz CT molecular complexity index is 612. The number of aromatic nitrogens is 1. The van der Waals surface area contributed by atoms with Crippen molar-refractivity contribution in [2.24, 2.45) is 4.99 Å². The van der Waals surface area contributed by atoms with Crippen LogP contribution in [0.2, 0.25) is 0 Å². The number of hydrogen-bond donors (Lipinski definition) is 3. The highest BCUT2D eigenvalue weighted by Gasteiger charge is 2.07. The lowest BCUT2D eigenvalue weighted by molar-refractivity contribution is 0.700. The van der Waals surface area contributed by atoms with E-state index in [0.717, 1.165) is 44.9 Å². The minimum Gasteiger partial charge on any atom is -0.361 e. The molecular weight excluding hydrogens is 248 g/mol. The fourth-order valence-corrected chi connectivity index (χ4v) is 2.74. The Labute approximate surface area is 119 Å². The molecule has 106 valence electrons. The predicted molar refractivity (Wildman–Crippen MR) is 84.3 cm³/mol. The molecule has 2 heterocycles. The van der Waals surface area contributed by atoms with Crippen LogP contribution in [0.4, 0.5) is 0 Å². The highest BCUT2D eigenvalue weighted by Crippen LogP contribution is 2.22. The van der Waals surface area contributed by atoms with Gasteiger partial charge >= 0.3 is 0 Å². The van der Waals surface area contributed by atoms with Gasteiger partial charge in [0.15, 0.2) is 5.96 Å². The second kappa shape index (κ2) is 5.99. The molecule has 0 bridgehead atoms. The summed E-state index contributed by atoms with van der Waals surface area (Å²) in [6.45, 7) is 5.07. The maximum atomic E-state index is 4.42. The first kappa shape index (κ1) is 13.0. The Hall–Kier alpha value is -1.97. The quantitative estimate of drug-likeness (QED) is 0.798. The SMILES string of the molecule is CCc1cccc2c(CCNC3=NCCCN3)c[nH]c12. The van der Waals surface area contributed by atoms with Gasteiger partial charge in [0.2, 0.25) is 0 Å². The number of rotatable bonds is 4. The van der Waals surface area contributed by atoms with E-state index < -0.39 is 0 Å². The van der Waals surface area contributed by atoms with Crippen molar-refractivity contribution >= 4 is 16.9 Å². The van der Waals surface area contributed by atoms with Gasteiger partial charge in [-0.3, -0.25) is 4.99 Å². The monoisotopic (exact) mass is 270 g/mol. The average molecular weight is 270 g/mol. The second-order valence-corrected chi connectivity index (χ2v) is 5.19. The van der Waals surface area contributed by atoms with Crippen molar-refractivity contribution in [1.29, 1.82) is 0 Å². The minimum absolute atomic E-state index is 0.912. The molecule has 3 N–H and O–H groups in total. The topological polar surface area (TPSA) is 52.2 Å². The summed E-state index contributed by atoms with van der Waals surface area (Å²) >= 11 is 0. The third kappa shape index (κ3) is 2.64. The van der Waals surface area contributed by atoms with Gasteiger partial charge in [-0.2, -0.15) is 0 Å². The molecule has 0 saturated heterocycles. The maximum Gasteiger partial charge on any atom is 0.191 e. The molecule has 0 radical (unpaired) electrons. The van der Waals surface area contributed by atoms with Crippen LogP contribution in [0, 0.1) is 0 Å². The van der Waals surface area contributed by atoms with E-state index >= 15 is 0 Å². The molecule has 0 amide bonds. The molecule has 1 aromatic heterocycles. The number of hydrogen-bond acceptors (Lipinski definition) is 3. The van der Waals surface area contributed by atoms with Gasteiger partial charge in [-0.05, 0) is 30.4 Å². The summed E-state index contributed by atoms with van der Waals surface area (Å²) in [5.74, 6) is 0.949. The Morgan fingerprint density at radius 3 is 3.05 bits per heavy atom. The molecule has 0 spiro atoms. The van der Waals surface area contributed by atoms with Crippen molar-refractivity contribution in [3.05, 3.63) is 35.5 Å². The van der Waals surface area contributed by atoms with E-state index in [4.69, 9.17) is 0 Å². The van der Waals surface area contributed by atoms with E-state index in [-0.39, 0.29) is 0 Å². The molecule has 3 rings (SSSR count). The molecular formula is C16H22N4. The standard InChI is InChI=1S/C16H22N4/c1-2-12-5-3-6-14-13(11-20-15(12)14)7-10-19-16-17-8-4-9-18-16/h3,5-6,11,20H,2,4,7-10H2,1H3,(H2,17,18,19). The number of para-hydroxylation sites is 1. The second-order valence-electron chi connectivity index (χ2n) is 5.19. The van der Waals surface area contributed by atoms with Crippen LogP contribution in [0.3, 0.4) is 0 Å². The lowest BCUT2D eigenvalue weighted by atomic mass is 10.1. The third-order valence-electron chi connectivity index (χ3n) is 3.85. The number of fused-ring (bicyclic) bond motifs is 1. The first-order valence-corrected chi connectivity index (χ1v) is 7.48. The number of aliphatic imine (C=N–C) groups is 1. The van der Waals surface area contributed by atoms with Crippen molar-refractivity contribution < 1.29 is 0 Å². The fraction of sp³-hybridized carbons (Fsp3) is 0.438. The summed E-state index contributed by atoms with van der Waals surface area (Å²) < 4.78 is 0. The summed E-state index contributed by atoms with van der Waals surface area (Å²) in [6, 6.07) is 6.55. The Balaban J connectivity index is 1.67. The van der Waals surface area contributed by atoms with E-state index in [1.807, 2.05) is 0 Å². The zero-order valence-corrected chi connectivity index (χ0v) is 12.0. The number of aryl methyl sites for hydroxylation is 1. The van der Waals surface area contributed by atoms with Crippen molar-refractivity contribution in [2.75, 3.05) is 19.6 Å². The summed E-state index contributed by atoms with van der Waals surface area (Å²) in [5, 5.41) is 8.02. The van der Waals surface area contributed by atoms with Crippen LogP contribution in [0.25, 0.3) is 10.9 Å². The van der Waals surface area contributed by atoms with Crippen molar-refractivity contribution in [3.63, 3.8) is 0 Å². The molecule has 0 saturated carbocycles. The molecule has 2 aromatic rings. The number of H-pyrrole nitrogens is 1. The molecule has 1 aromatic carbocycles. The average Bonchev–Trinajstić information content (AvgIpc) is 2.92. The number of nitrogens with zero attached hydrogens (tertiary/aromatic N) is 1. The highest BCUT2D eigenvalue weighted by molar-refractivity contribution is 5.86. The Morgan fingerprint density at radius 1 is 1.30 bits per heavy atom. The van der Waals surface area contributed by atoms with Gasteiger partial charge in [0.25, 0.3) is 0 Å². The van der Waals surface area contributed by atoms with Gasteiger partial charge in [-0.25, -0.2) is 0 Å². The van der Waals surface area contributed by atoms with Crippen LogP contribution in [0.5, 0.6) is 0 Å². The zero-order valence-electron chi connectivity index (χ0n) is 12.0. The molecule has 1 aliphatic rings. The van der Waals surface area contributed by atoms with Gasteiger partial charge in [0, 0.05) is 36.7 Å². The normalized spacial score (nSPS) is 14.9. The van der Waals surface area contributed by atoms with E-state index in [1.54, 1.807) is 0 Å². The lowest BCUT2D eigenvalue weighted by Crippen LogP contribution is -2.41. The first-order valence-electron chi connectivity index (χ1n) is 7.48. The smallest absolute Gasteiger partial charge is 0.191 e. The van der Waals surface area contributed by atoms with Crippen molar-refractivity contribution in [3.8, 4) is 0 Å². The number of benzene rings is 1. The summed E-state index contributed by atoms with van der Waals surface area (Å²) in [6.07, 6.45) is 5.35. The van der Waals surface area contributed by atoms with Gasteiger partial charge in [0.05, 0.1) is 0 Å². The van der Waals surface area contributed by atoms with E-state index in [1.165, 1.54) is 22.0 Å². The maximum absolute atomic E-state index is 4.42. The Morgan fingerprint density at radius 2 is 2.25 bits per heavy atom. The van der Waals surface area contributed by atoms with Gasteiger partial charge in [0.1, 0.15) is 0 Å². The Kier molecular flexibility index (Phi) is 3.90. The minimum atomic E-state index is 0.912. The summed E-state index contributed by atoms with van der Waals surface area (Å²) in [5.41, 5.74) is 4.05. The highest BCUT2D eigenvalue weighted by atomic mass is 15.2. The van der Waals surface area contributed by atoms with Crippen LogP contribution in [-0.4, -0.2) is 30.6 Å². The molecule has 1 aliphatic heterocycles. The zero-order chi connectivity index (χ0) is 13.8. The van der Waals surface area contributed by atoms with Crippen LogP contribution < -0.4 is 10.6 Å². The first-order chi connectivity index (χ1) is 9.88. The van der Waals surface area contributed by atoms with Gasteiger partial charge < -0.3 is 15.6 Å². The van der Waals surface area contributed by atoms with Gasteiger partial charge in [-0.1, -0.05) is 25.1 Å². The third-order valence-corrected chi connectivity index (χ3v) is 3.85. The van der Waals surface area contributed by atoms with Crippen LogP contribution in [0.1, 0.15) is 24.5 Å². The molecule has 0 fully saturated rings. The molecule has 0 atom stereocenters. The summed E-state index contributed by atoms with van der Waals surface area (Å²) in [7, 11) is 0. The fourth-order valence-electron chi connectivity index (χ4n) is 2.74. The molecule has 0 aliphatic carbocycles. The molecule has 4 heteroatoms. The van der Waals surface area contributed by atoms with Crippen LogP contribution in [0.15, 0.2) is 29.4 Å². The molecule has 4 nitrogen and oxygen atoms in total. The number of nitrogens with one attached hydrogen (secondary N) is 3. The van der Waals surface area contributed by atoms with Gasteiger partial charge in [-0.15, -0.1) is 0 Å². The lowest BCUT2D eigenvalue weighted by Gasteiger charge is -2.15. The van der Waals surface area contributed by atoms with Crippen LogP contribution in [-0.2, 0) is 12.8 Å². The summed E-state index contributed by atoms with van der Waals surface area (Å²) in [4.78, 5) is 7.85. The van der Waals surface area contributed by atoms with E-state index in [0.29, 0.717) is 0 Å². The van der Waals surface area contributed by atoms with Crippen LogP contribution >= 0.6 is 0 Å². The van der Waals surface area contributed by atoms with E-state index in [9.17, 15) is 0 Å². The molecule has 0 unspecified atom stereocenters. The van der Waals surface area contributed by atoms with Crippen molar-refractivity contribution in [1.82, 2.24) is 15.6 Å². The van der Waals surface area contributed by atoms with E-state index in [2.05, 4.69) is 51.9 Å². The molecule has 20 heavy (non-hydrogen) atoms. The number of guanidine groups is 1. The largest absolute Gasteiger partial charge is 0.361 e. The van der Waals surface area contributed by atoms with Crippen molar-refractivity contribution in [2.45, 2.75) is 26.2 Å².